The Morgan fingerprint density at radius 3 is 2.58 bits per heavy atom. The average Bonchev–Trinajstić information content (AvgIpc) is 2.92. The highest BCUT2D eigenvalue weighted by Gasteiger charge is 2.27. The predicted octanol–water partition coefficient (Wildman–Crippen LogP) is 2.71. The van der Waals surface area contributed by atoms with Crippen LogP contribution in [0.25, 0.3) is 10.2 Å². The number of thiazole rings is 1. The summed E-state index contributed by atoms with van der Waals surface area (Å²) in [5, 5.41) is 10.2. The van der Waals surface area contributed by atoms with Crippen molar-refractivity contribution in [3.8, 4) is 0 Å². The van der Waals surface area contributed by atoms with E-state index in [0.29, 0.717) is 11.1 Å². The van der Waals surface area contributed by atoms with Crippen LogP contribution in [0.1, 0.15) is 16.6 Å². The van der Waals surface area contributed by atoms with E-state index in [2.05, 4.69) is 9.71 Å². The number of aromatic nitrogens is 1. The molecule has 0 unspecified atom stereocenters. The van der Waals surface area contributed by atoms with Gasteiger partial charge >= 0.3 is 5.97 Å². The molecular formula is C16H14N2O4S2. The van der Waals surface area contributed by atoms with Crippen molar-refractivity contribution in [1.82, 2.24) is 9.71 Å². The maximum atomic E-state index is 12.6. The summed E-state index contributed by atoms with van der Waals surface area (Å²) in [6.45, 7) is 1.84. The molecule has 2 aromatic carbocycles. The van der Waals surface area contributed by atoms with E-state index in [9.17, 15) is 18.3 Å². The van der Waals surface area contributed by atoms with Crippen LogP contribution in [0.2, 0.25) is 0 Å². The number of hydrogen-bond donors (Lipinski definition) is 2. The van der Waals surface area contributed by atoms with Gasteiger partial charge in [-0.3, -0.25) is 4.79 Å². The molecule has 124 valence electrons. The van der Waals surface area contributed by atoms with E-state index >= 15 is 0 Å². The van der Waals surface area contributed by atoms with Crippen LogP contribution >= 0.6 is 11.3 Å². The number of benzene rings is 2. The highest BCUT2D eigenvalue weighted by molar-refractivity contribution is 7.89. The number of nitrogens with one attached hydrogen (secondary N) is 1. The van der Waals surface area contributed by atoms with E-state index in [0.717, 1.165) is 9.71 Å². The molecule has 0 aliphatic carbocycles. The first-order chi connectivity index (χ1) is 11.4. The van der Waals surface area contributed by atoms with Gasteiger partial charge in [0, 0.05) is 0 Å². The van der Waals surface area contributed by atoms with Crippen LogP contribution in [-0.2, 0) is 14.8 Å². The van der Waals surface area contributed by atoms with Gasteiger partial charge < -0.3 is 5.11 Å². The normalized spacial score (nSPS) is 13.0. The van der Waals surface area contributed by atoms with Crippen molar-refractivity contribution in [1.29, 1.82) is 0 Å². The Hall–Kier alpha value is -2.29. The zero-order chi connectivity index (χ0) is 17.3. The molecule has 0 aliphatic rings. The minimum atomic E-state index is -3.99. The smallest absolute Gasteiger partial charge is 0.326 e. The second-order valence-electron chi connectivity index (χ2n) is 5.17. The summed E-state index contributed by atoms with van der Waals surface area (Å²) < 4.78 is 28.2. The molecule has 0 aliphatic heterocycles. The van der Waals surface area contributed by atoms with Gasteiger partial charge in [0.05, 0.1) is 20.1 Å². The molecule has 0 saturated heterocycles. The molecule has 1 aromatic heterocycles. The SMILES string of the molecule is Cc1nc2ccc(S(=O)(=O)N[C@@H](C(=O)O)c3ccccc3)cc2s1. The van der Waals surface area contributed by atoms with Crippen molar-refractivity contribution in [2.45, 2.75) is 17.9 Å². The molecule has 0 bridgehead atoms. The number of sulfonamides is 1. The zero-order valence-electron chi connectivity index (χ0n) is 12.6. The summed E-state index contributed by atoms with van der Waals surface area (Å²) in [5.74, 6) is -1.26. The molecule has 0 amide bonds. The van der Waals surface area contributed by atoms with E-state index in [1.165, 1.54) is 23.5 Å². The molecule has 8 heteroatoms. The molecule has 2 N–H and O–H groups in total. The predicted molar refractivity (Wildman–Crippen MR) is 91.5 cm³/mol. The van der Waals surface area contributed by atoms with Crippen LogP contribution in [0.4, 0.5) is 0 Å². The van der Waals surface area contributed by atoms with Crippen molar-refractivity contribution in [2.24, 2.45) is 0 Å². The van der Waals surface area contributed by atoms with Crippen LogP contribution in [-0.4, -0.2) is 24.5 Å². The summed E-state index contributed by atoms with van der Waals surface area (Å²) in [6, 6.07) is 11.4. The fourth-order valence-electron chi connectivity index (χ4n) is 2.32. The molecule has 24 heavy (non-hydrogen) atoms. The Morgan fingerprint density at radius 2 is 1.92 bits per heavy atom. The molecule has 3 rings (SSSR count). The molecule has 6 nitrogen and oxygen atoms in total. The minimum absolute atomic E-state index is 0.0147. The summed E-state index contributed by atoms with van der Waals surface area (Å²) in [5.41, 5.74) is 1.08. The molecular weight excluding hydrogens is 348 g/mol. The first-order valence-electron chi connectivity index (χ1n) is 7.04. The minimum Gasteiger partial charge on any atom is -0.480 e. The van der Waals surface area contributed by atoms with E-state index in [1.807, 2.05) is 6.92 Å². The topological polar surface area (TPSA) is 96.4 Å². The lowest BCUT2D eigenvalue weighted by Crippen LogP contribution is -2.33. The highest BCUT2D eigenvalue weighted by Crippen LogP contribution is 2.25. The first-order valence-corrected chi connectivity index (χ1v) is 9.34. The third-order valence-corrected chi connectivity index (χ3v) is 5.78. The second kappa shape index (κ2) is 6.31. The Morgan fingerprint density at radius 1 is 1.21 bits per heavy atom. The van der Waals surface area contributed by atoms with Crippen molar-refractivity contribution in [3.05, 3.63) is 59.1 Å². The van der Waals surface area contributed by atoms with Gasteiger partial charge in [-0.2, -0.15) is 4.72 Å². The van der Waals surface area contributed by atoms with Crippen LogP contribution in [0.15, 0.2) is 53.4 Å². The number of rotatable bonds is 5. The molecule has 0 fully saturated rings. The lowest BCUT2D eigenvalue weighted by atomic mass is 10.1. The van der Waals surface area contributed by atoms with Crippen LogP contribution in [0.3, 0.4) is 0 Å². The van der Waals surface area contributed by atoms with Crippen molar-refractivity contribution in [3.63, 3.8) is 0 Å². The summed E-state index contributed by atoms with van der Waals surface area (Å²) in [7, 11) is -3.99. The van der Waals surface area contributed by atoms with Crippen molar-refractivity contribution < 1.29 is 18.3 Å². The Bertz CT molecular complexity index is 997. The molecule has 3 aromatic rings. The van der Waals surface area contributed by atoms with Gasteiger partial charge in [0.2, 0.25) is 10.0 Å². The fourth-order valence-corrected chi connectivity index (χ4v) is 4.46. The van der Waals surface area contributed by atoms with Crippen LogP contribution < -0.4 is 4.72 Å². The molecule has 1 heterocycles. The second-order valence-corrected chi connectivity index (χ2v) is 8.11. The maximum absolute atomic E-state index is 12.6. The standard InChI is InChI=1S/C16H14N2O4S2/c1-10-17-13-8-7-12(9-14(13)23-10)24(21,22)18-15(16(19)20)11-5-3-2-4-6-11/h2-9,15,18H,1H3,(H,19,20)/t15-/m1/s1. The van der Waals surface area contributed by atoms with Crippen molar-refractivity contribution in [2.75, 3.05) is 0 Å². The number of hydrogen-bond acceptors (Lipinski definition) is 5. The van der Waals surface area contributed by atoms with Gasteiger partial charge in [-0.15, -0.1) is 11.3 Å². The van der Waals surface area contributed by atoms with Gasteiger partial charge in [0.1, 0.15) is 6.04 Å². The fraction of sp³-hybridized carbons (Fsp3) is 0.125. The summed E-state index contributed by atoms with van der Waals surface area (Å²) in [6.07, 6.45) is 0. The highest BCUT2D eigenvalue weighted by atomic mass is 32.2. The number of nitrogens with zero attached hydrogens (tertiary/aromatic N) is 1. The van der Waals surface area contributed by atoms with Gasteiger partial charge in [-0.25, -0.2) is 13.4 Å². The number of carboxylic acid groups (broad SMARTS) is 1. The number of aliphatic carboxylic acids is 1. The van der Waals surface area contributed by atoms with E-state index in [-0.39, 0.29) is 4.90 Å². The third-order valence-electron chi connectivity index (χ3n) is 3.43. The number of carbonyl (C=O) groups is 1. The Kier molecular flexibility index (Phi) is 4.35. The van der Waals surface area contributed by atoms with Gasteiger partial charge in [0.15, 0.2) is 0 Å². The zero-order valence-corrected chi connectivity index (χ0v) is 14.3. The Balaban J connectivity index is 1.97. The molecule has 0 radical (unpaired) electrons. The Labute approximate surface area is 142 Å². The molecule has 0 saturated carbocycles. The van der Waals surface area contributed by atoms with E-state index in [1.54, 1.807) is 36.4 Å². The van der Waals surface area contributed by atoms with Crippen molar-refractivity contribution >= 4 is 37.5 Å². The van der Waals surface area contributed by atoms with E-state index < -0.39 is 22.0 Å². The average molecular weight is 362 g/mol. The third kappa shape index (κ3) is 3.30. The number of fused-ring (bicyclic) bond motifs is 1. The lowest BCUT2D eigenvalue weighted by molar-refractivity contribution is -0.139. The van der Waals surface area contributed by atoms with Gasteiger partial charge in [-0.1, -0.05) is 30.3 Å². The lowest BCUT2D eigenvalue weighted by Gasteiger charge is -2.15. The molecule has 1 atom stereocenters. The van der Waals surface area contributed by atoms with Gasteiger partial charge in [0.25, 0.3) is 0 Å². The van der Waals surface area contributed by atoms with Crippen LogP contribution in [0.5, 0.6) is 0 Å². The monoisotopic (exact) mass is 362 g/mol. The molecule has 0 spiro atoms. The summed E-state index contributed by atoms with van der Waals surface area (Å²) >= 11 is 1.38. The summed E-state index contributed by atoms with van der Waals surface area (Å²) in [4.78, 5) is 15.8. The van der Waals surface area contributed by atoms with Gasteiger partial charge in [-0.05, 0) is 30.7 Å². The number of aryl methyl sites for hydroxylation is 1. The maximum Gasteiger partial charge on any atom is 0.326 e. The van der Waals surface area contributed by atoms with Crippen LogP contribution in [0, 0.1) is 6.92 Å². The largest absolute Gasteiger partial charge is 0.480 e. The quantitative estimate of drug-likeness (QED) is 0.727. The number of carboxylic acids is 1. The first kappa shape index (κ1) is 16.6. The van der Waals surface area contributed by atoms with E-state index in [4.69, 9.17) is 0 Å².